The number of halogens is 2. The zero-order valence-electron chi connectivity index (χ0n) is 17.3. The van der Waals surface area contributed by atoms with Crippen molar-refractivity contribution in [3.05, 3.63) is 118 Å². The quantitative estimate of drug-likeness (QED) is 0.264. The fourth-order valence-corrected chi connectivity index (χ4v) is 5.39. The minimum atomic E-state index is -3.94. The Hall–Kier alpha value is -3.25. The van der Waals surface area contributed by atoms with Crippen molar-refractivity contribution in [1.29, 1.82) is 0 Å². The Morgan fingerprint density at radius 3 is 1.33 bits per heavy atom. The summed E-state index contributed by atoms with van der Waals surface area (Å²) in [5.74, 6) is 0. The Bertz CT molecular complexity index is 1330. The van der Waals surface area contributed by atoms with Crippen LogP contribution >= 0.6 is 23.2 Å². The maximum absolute atomic E-state index is 13.2. The van der Waals surface area contributed by atoms with Crippen molar-refractivity contribution in [3.63, 3.8) is 0 Å². The SMILES string of the molecule is O=S(=O)(c1ccc(N=Cc2ccccc2)cc1Cl)c1ccc(N=Cc2ccccc2)cc1Cl. The Labute approximate surface area is 202 Å². The minimum absolute atomic E-state index is 0.0368. The molecule has 164 valence electrons. The monoisotopic (exact) mass is 492 g/mol. The molecule has 0 spiro atoms. The Morgan fingerprint density at radius 1 is 0.576 bits per heavy atom. The molecule has 0 heterocycles. The van der Waals surface area contributed by atoms with E-state index in [9.17, 15) is 8.42 Å². The lowest BCUT2D eigenvalue weighted by molar-refractivity contribution is 0.596. The first-order valence-electron chi connectivity index (χ1n) is 9.96. The van der Waals surface area contributed by atoms with Gasteiger partial charge in [0.15, 0.2) is 0 Å². The van der Waals surface area contributed by atoms with Crippen LogP contribution in [-0.2, 0) is 9.84 Å². The number of aliphatic imine (C=N–C) groups is 2. The van der Waals surface area contributed by atoms with Gasteiger partial charge in [0.2, 0.25) is 9.84 Å². The maximum Gasteiger partial charge on any atom is 0.209 e. The zero-order chi connectivity index (χ0) is 23.3. The van der Waals surface area contributed by atoms with Crippen LogP contribution in [0.15, 0.2) is 117 Å². The average molecular weight is 493 g/mol. The first kappa shape index (κ1) is 22.9. The minimum Gasteiger partial charge on any atom is -0.256 e. The molecular formula is C26H18Cl2N2O2S. The van der Waals surface area contributed by atoms with Crippen LogP contribution in [-0.4, -0.2) is 20.8 Å². The molecule has 0 saturated carbocycles. The molecule has 0 bridgehead atoms. The molecule has 0 radical (unpaired) electrons. The van der Waals surface area contributed by atoms with Crippen LogP contribution in [0.1, 0.15) is 11.1 Å². The summed E-state index contributed by atoms with van der Waals surface area (Å²) in [7, 11) is -3.94. The van der Waals surface area contributed by atoms with Crippen molar-refractivity contribution < 1.29 is 8.42 Å². The smallest absolute Gasteiger partial charge is 0.209 e. The molecule has 0 N–H and O–H groups in total. The molecule has 4 nitrogen and oxygen atoms in total. The summed E-state index contributed by atoms with van der Waals surface area (Å²) >= 11 is 12.7. The van der Waals surface area contributed by atoms with Crippen molar-refractivity contribution >= 4 is 56.8 Å². The molecule has 0 unspecified atom stereocenters. The van der Waals surface area contributed by atoms with Gasteiger partial charge in [-0.25, -0.2) is 8.42 Å². The number of hydrogen-bond acceptors (Lipinski definition) is 4. The van der Waals surface area contributed by atoms with Crippen LogP contribution in [0.25, 0.3) is 0 Å². The second-order valence-electron chi connectivity index (χ2n) is 7.07. The van der Waals surface area contributed by atoms with E-state index in [1.807, 2.05) is 60.7 Å². The van der Waals surface area contributed by atoms with Gasteiger partial charge in [0.1, 0.15) is 0 Å². The Kier molecular flexibility index (Phi) is 7.04. The van der Waals surface area contributed by atoms with Crippen molar-refractivity contribution in [1.82, 2.24) is 0 Å². The van der Waals surface area contributed by atoms with Gasteiger partial charge in [-0.3, -0.25) is 9.98 Å². The third-order valence-electron chi connectivity index (χ3n) is 4.73. The molecule has 0 aromatic heterocycles. The number of rotatable bonds is 6. The fourth-order valence-electron chi connectivity index (χ4n) is 3.07. The number of hydrogen-bond donors (Lipinski definition) is 0. The van der Waals surface area contributed by atoms with Gasteiger partial charge in [0.05, 0.1) is 31.2 Å². The standard InChI is InChI=1S/C26H18Cl2N2O2S/c27-23-15-21(29-17-19-7-3-1-4-8-19)11-13-25(23)33(31,32)26-14-12-22(16-24(26)28)30-18-20-9-5-2-6-10-20/h1-18H. The highest BCUT2D eigenvalue weighted by atomic mass is 35.5. The van der Waals surface area contributed by atoms with Gasteiger partial charge in [0.25, 0.3) is 0 Å². The average Bonchev–Trinajstić information content (AvgIpc) is 2.82. The van der Waals surface area contributed by atoms with Crippen LogP contribution in [0.5, 0.6) is 0 Å². The Morgan fingerprint density at radius 2 is 0.970 bits per heavy atom. The van der Waals surface area contributed by atoms with Crippen LogP contribution in [0.4, 0.5) is 11.4 Å². The lowest BCUT2D eigenvalue weighted by atomic mass is 10.2. The van der Waals surface area contributed by atoms with E-state index in [0.29, 0.717) is 11.4 Å². The van der Waals surface area contributed by atoms with Crippen LogP contribution < -0.4 is 0 Å². The molecule has 4 rings (SSSR count). The first-order chi connectivity index (χ1) is 15.9. The maximum atomic E-state index is 13.2. The summed E-state index contributed by atoms with van der Waals surface area (Å²) in [4.78, 5) is 8.65. The van der Waals surface area contributed by atoms with E-state index < -0.39 is 9.84 Å². The lowest BCUT2D eigenvalue weighted by Crippen LogP contribution is -2.03. The van der Waals surface area contributed by atoms with E-state index in [-0.39, 0.29) is 19.8 Å². The second-order valence-corrected chi connectivity index (χ2v) is 9.77. The van der Waals surface area contributed by atoms with Crippen molar-refractivity contribution in [2.45, 2.75) is 9.79 Å². The van der Waals surface area contributed by atoms with Gasteiger partial charge < -0.3 is 0 Å². The molecule has 0 aliphatic carbocycles. The third kappa shape index (κ3) is 5.57. The Balaban J connectivity index is 1.58. The molecule has 33 heavy (non-hydrogen) atoms. The lowest BCUT2D eigenvalue weighted by Gasteiger charge is -2.09. The summed E-state index contributed by atoms with van der Waals surface area (Å²) < 4.78 is 26.4. The van der Waals surface area contributed by atoms with Crippen LogP contribution in [0.3, 0.4) is 0 Å². The number of nitrogens with zero attached hydrogens (tertiary/aromatic N) is 2. The fraction of sp³-hybridized carbons (Fsp3) is 0. The number of sulfone groups is 1. The van der Waals surface area contributed by atoms with Gasteiger partial charge in [-0.05, 0) is 47.5 Å². The predicted octanol–water partition coefficient (Wildman–Crippen LogP) is 7.33. The van der Waals surface area contributed by atoms with E-state index in [2.05, 4.69) is 9.98 Å². The molecule has 4 aromatic rings. The molecule has 0 atom stereocenters. The molecule has 0 aliphatic rings. The van der Waals surface area contributed by atoms with E-state index >= 15 is 0 Å². The molecule has 0 fully saturated rings. The highest BCUT2D eigenvalue weighted by Gasteiger charge is 2.24. The van der Waals surface area contributed by atoms with Gasteiger partial charge in [-0.2, -0.15) is 0 Å². The number of benzene rings is 4. The summed E-state index contributed by atoms with van der Waals surface area (Å²) in [6.45, 7) is 0. The molecule has 7 heteroatoms. The van der Waals surface area contributed by atoms with Crippen molar-refractivity contribution in [2.75, 3.05) is 0 Å². The third-order valence-corrected chi connectivity index (χ3v) is 7.45. The predicted molar refractivity (Wildman–Crippen MR) is 136 cm³/mol. The van der Waals surface area contributed by atoms with Crippen LogP contribution in [0.2, 0.25) is 10.0 Å². The molecule has 4 aromatic carbocycles. The highest BCUT2D eigenvalue weighted by molar-refractivity contribution is 7.91. The van der Waals surface area contributed by atoms with Gasteiger partial charge in [0, 0.05) is 12.4 Å². The second kappa shape index (κ2) is 10.1. The summed E-state index contributed by atoms with van der Waals surface area (Å²) in [6, 6.07) is 28.2. The van der Waals surface area contributed by atoms with E-state index in [1.54, 1.807) is 24.6 Å². The normalized spacial score (nSPS) is 11.9. The largest absolute Gasteiger partial charge is 0.256 e. The molecular weight excluding hydrogens is 475 g/mol. The van der Waals surface area contributed by atoms with Gasteiger partial charge in [-0.15, -0.1) is 0 Å². The topological polar surface area (TPSA) is 58.9 Å². The van der Waals surface area contributed by atoms with E-state index in [1.165, 1.54) is 24.3 Å². The molecule has 0 amide bonds. The molecule has 0 saturated heterocycles. The van der Waals surface area contributed by atoms with E-state index in [0.717, 1.165) is 11.1 Å². The van der Waals surface area contributed by atoms with Gasteiger partial charge in [-0.1, -0.05) is 83.9 Å². The summed E-state index contributed by atoms with van der Waals surface area (Å²) in [6.07, 6.45) is 3.37. The van der Waals surface area contributed by atoms with E-state index in [4.69, 9.17) is 23.2 Å². The van der Waals surface area contributed by atoms with Crippen LogP contribution in [0, 0.1) is 0 Å². The summed E-state index contributed by atoms with van der Waals surface area (Å²) in [5.41, 5.74) is 2.93. The first-order valence-corrected chi connectivity index (χ1v) is 12.2. The zero-order valence-corrected chi connectivity index (χ0v) is 19.6. The highest BCUT2D eigenvalue weighted by Crippen LogP contribution is 2.35. The molecule has 0 aliphatic heterocycles. The summed E-state index contributed by atoms with van der Waals surface area (Å²) in [5, 5.41) is 0.139. The van der Waals surface area contributed by atoms with Gasteiger partial charge >= 0.3 is 0 Å². The van der Waals surface area contributed by atoms with Crippen molar-refractivity contribution in [3.8, 4) is 0 Å². The van der Waals surface area contributed by atoms with Crippen molar-refractivity contribution in [2.24, 2.45) is 9.98 Å².